The molecule has 2 aromatic carbocycles. The molecule has 59 heavy (non-hydrogen) atoms. The SMILES string of the molecule is CCOc1ccc2c(c1)CC(NCCCCO)C(=O)N2c1ccc2c(c1)[C@]1(O[C@@H](CCn3cc(CCO)nn3)[C@H]([Si](C)(C)F)[C@H]1C)C(=O)N2C/C=C(\C)CCC=C(C)C. The minimum Gasteiger partial charge on any atom is -0.494 e. The van der Waals surface area contributed by atoms with Crippen LogP contribution in [0, 0.1) is 5.92 Å². The van der Waals surface area contributed by atoms with Crippen LogP contribution in [0.2, 0.25) is 18.6 Å². The van der Waals surface area contributed by atoms with E-state index in [-0.39, 0.29) is 25.0 Å². The van der Waals surface area contributed by atoms with E-state index >= 15 is 8.90 Å². The summed E-state index contributed by atoms with van der Waals surface area (Å²) in [6, 6.07) is 11.0. The lowest BCUT2D eigenvalue weighted by atomic mass is 9.82. The van der Waals surface area contributed by atoms with Crippen molar-refractivity contribution in [1.29, 1.82) is 0 Å². The number of anilines is 3. The highest BCUT2D eigenvalue weighted by atomic mass is 28.4. The highest BCUT2D eigenvalue weighted by Crippen LogP contribution is 2.61. The highest BCUT2D eigenvalue weighted by Gasteiger charge is 2.66. The van der Waals surface area contributed by atoms with E-state index in [0.717, 1.165) is 41.8 Å². The number of fused-ring (bicyclic) bond motifs is 3. The highest BCUT2D eigenvalue weighted by molar-refractivity contribution is 6.72. The van der Waals surface area contributed by atoms with Crippen LogP contribution in [0.4, 0.5) is 21.2 Å². The van der Waals surface area contributed by atoms with Crippen LogP contribution >= 0.6 is 0 Å². The molecule has 14 heteroatoms. The summed E-state index contributed by atoms with van der Waals surface area (Å²) in [5.74, 6) is -0.153. The Hall–Kier alpha value is -4.21. The van der Waals surface area contributed by atoms with Crippen LogP contribution in [-0.2, 0) is 39.3 Å². The second-order valence-corrected chi connectivity index (χ2v) is 20.8. The summed E-state index contributed by atoms with van der Waals surface area (Å²) in [5, 5.41) is 30.6. The topological polar surface area (TPSA) is 142 Å². The summed E-state index contributed by atoms with van der Waals surface area (Å²) in [5.41, 5.74) is 4.68. The monoisotopic (exact) mass is 830 g/mol. The molecule has 6 rings (SSSR count). The average Bonchev–Trinajstić information content (AvgIpc) is 3.84. The Morgan fingerprint density at radius 1 is 1.08 bits per heavy atom. The normalized spacial score (nSPS) is 23.0. The van der Waals surface area contributed by atoms with Crippen LogP contribution in [0.1, 0.15) is 83.5 Å². The van der Waals surface area contributed by atoms with Gasteiger partial charge in [0.25, 0.3) is 5.91 Å². The summed E-state index contributed by atoms with van der Waals surface area (Å²) in [7, 11) is -3.46. The predicted molar refractivity (Wildman–Crippen MR) is 231 cm³/mol. The maximum atomic E-state index is 16.7. The van der Waals surface area contributed by atoms with Gasteiger partial charge in [-0.2, -0.15) is 0 Å². The van der Waals surface area contributed by atoms with Gasteiger partial charge >= 0.3 is 0 Å². The fraction of sp³-hybridized carbons (Fsp3) is 0.556. The number of allylic oxidation sites excluding steroid dienone is 3. The zero-order valence-corrected chi connectivity index (χ0v) is 36.8. The van der Waals surface area contributed by atoms with Gasteiger partial charge in [-0.15, -0.1) is 5.10 Å². The van der Waals surface area contributed by atoms with E-state index in [0.29, 0.717) is 74.6 Å². The lowest BCUT2D eigenvalue weighted by Gasteiger charge is -2.36. The number of aliphatic hydroxyl groups is 2. The first kappa shape index (κ1) is 44.3. The third-order valence-corrected chi connectivity index (χ3v) is 14.5. The summed E-state index contributed by atoms with van der Waals surface area (Å²) < 4.78 is 31.4. The molecule has 3 aliphatic heterocycles. The molecule has 1 spiro atoms. The molecule has 12 nitrogen and oxygen atoms in total. The number of ether oxygens (including phenoxy) is 2. The molecule has 0 bridgehead atoms. The molecule has 1 unspecified atom stereocenters. The number of rotatable bonds is 19. The molecule has 1 fully saturated rings. The number of unbranched alkanes of at least 4 members (excludes halogenated alkanes) is 1. The quantitative estimate of drug-likeness (QED) is 0.0501. The van der Waals surface area contributed by atoms with Crippen molar-refractivity contribution in [2.24, 2.45) is 5.92 Å². The van der Waals surface area contributed by atoms with Crippen molar-refractivity contribution in [3.63, 3.8) is 0 Å². The molecule has 0 saturated carbocycles. The van der Waals surface area contributed by atoms with E-state index in [9.17, 15) is 15.0 Å². The second kappa shape index (κ2) is 19.0. The lowest BCUT2D eigenvalue weighted by Crippen LogP contribution is -2.49. The zero-order chi connectivity index (χ0) is 42.5. The largest absolute Gasteiger partial charge is 0.494 e. The van der Waals surface area contributed by atoms with Gasteiger partial charge in [-0.3, -0.25) is 19.2 Å². The van der Waals surface area contributed by atoms with Crippen molar-refractivity contribution in [2.75, 3.05) is 42.7 Å². The molecule has 0 radical (unpaired) electrons. The van der Waals surface area contributed by atoms with Crippen LogP contribution < -0.4 is 19.9 Å². The molecule has 1 saturated heterocycles. The number of aromatic nitrogens is 3. The van der Waals surface area contributed by atoms with E-state index in [2.05, 4.69) is 48.6 Å². The summed E-state index contributed by atoms with van der Waals surface area (Å²) in [6.07, 6.45) is 9.89. The molecule has 3 aliphatic rings. The minimum atomic E-state index is -3.46. The van der Waals surface area contributed by atoms with Crippen molar-refractivity contribution in [2.45, 2.75) is 122 Å². The number of nitrogens with zero attached hydrogens (tertiary/aromatic N) is 5. The van der Waals surface area contributed by atoms with Crippen molar-refractivity contribution in [1.82, 2.24) is 20.3 Å². The van der Waals surface area contributed by atoms with Crippen LogP contribution in [0.5, 0.6) is 5.75 Å². The van der Waals surface area contributed by atoms with Gasteiger partial charge in [0.1, 0.15) is 5.75 Å². The van der Waals surface area contributed by atoms with E-state index in [4.69, 9.17) is 9.47 Å². The Kier molecular flexibility index (Phi) is 14.3. The zero-order valence-electron chi connectivity index (χ0n) is 35.8. The number of amides is 2. The maximum Gasteiger partial charge on any atom is 0.264 e. The molecular weight excluding hydrogens is 768 g/mol. The fourth-order valence-electron chi connectivity index (χ4n) is 9.22. The number of halogens is 1. The van der Waals surface area contributed by atoms with E-state index < -0.39 is 37.6 Å². The van der Waals surface area contributed by atoms with Crippen LogP contribution in [0.25, 0.3) is 0 Å². The first-order valence-electron chi connectivity index (χ1n) is 21.3. The molecule has 2 amide bonds. The maximum absolute atomic E-state index is 16.7. The number of nitrogens with one attached hydrogen (secondary N) is 1. The number of carbonyl (C=O) groups excluding carboxylic acids is 2. The van der Waals surface area contributed by atoms with Crippen LogP contribution in [0.15, 0.2) is 65.9 Å². The number of aliphatic hydroxyl groups excluding tert-OH is 2. The van der Waals surface area contributed by atoms with Crippen molar-refractivity contribution in [3.8, 4) is 5.75 Å². The van der Waals surface area contributed by atoms with Gasteiger partial charge in [-0.1, -0.05) is 35.4 Å². The smallest absolute Gasteiger partial charge is 0.264 e. The van der Waals surface area contributed by atoms with Crippen molar-refractivity contribution >= 4 is 37.3 Å². The first-order chi connectivity index (χ1) is 28.2. The number of hydrogen-bond donors (Lipinski definition) is 3. The number of aryl methyl sites for hydroxylation is 1. The lowest BCUT2D eigenvalue weighted by molar-refractivity contribution is -0.145. The Balaban J connectivity index is 1.43. The first-order valence-corrected chi connectivity index (χ1v) is 24.2. The van der Waals surface area contributed by atoms with Gasteiger partial charge < -0.3 is 34.0 Å². The second-order valence-electron chi connectivity index (χ2n) is 17.0. The van der Waals surface area contributed by atoms with Gasteiger partial charge in [0.2, 0.25) is 14.3 Å². The average molecular weight is 831 g/mol. The molecule has 0 aliphatic carbocycles. The third kappa shape index (κ3) is 9.41. The molecule has 4 heterocycles. The van der Waals surface area contributed by atoms with E-state index in [1.54, 1.807) is 33.8 Å². The van der Waals surface area contributed by atoms with E-state index in [1.165, 1.54) is 5.57 Å². The summed E-state index contributed by atoms with van der Waals surface area (Å²) >= 11 is 0. The number of benzene rings is 2. The fourth-order valence-corrected chi connectivity index (χ4v) is 11.8. The van der Waals surface area contributed by atoms with Crippen molar-refractivity contribution < 1.29 is 33.4 Å². The van der Waals surface area contributed by atoms with Crippen LogP contribution in [0.3, 0.4) is 0 Å². The molecule has 3 N–H and O–H groups in total. The van der Waals surface area contributed by atoms with Gasteiger partial charge in [0, 0.05) is 61.6 Å². The van der Waals surface area contributed by atoms with E-state index in [1.807, 2.05) is 50.2 Å². The van der Waals surface area contributed by atoms with Gasteiger partial charge in [0.15, 0.2) is 5.60 Å². The van der Waals surface area contributed by atoms with Gasteiger partial charge in [-0.05, 0) is 128 Å². The molecule has 320 valence electrons. The molecule has 5 atom stereocenters. The van der Waals surface area contributed by atoms with Crippen LogP contribution in [-0.4, -0.2) is 90.5 Å². The molecule has 3 aromatic rings. The Morgan fingerprint density at radius 3 is 2.58 bits per heavy atom. The van der Waals surface area contributed by atoms with Gasteiger partial charge in [-0.25, -0.2) is 0 Å². The summed E-state index contributed by atoms with van der Waals surface area (Å²) in [4.78, 5) is 33.3. The van der Waals surface area contributed by atoms with Crippen molar-refractivity contribution in [3.05, 3.63) is 82.7 Å². The number of carbonyl (C=O) groups is 2. The van der Waals surface area contributed by atoms with Gasteiger partial charge in [0.05, 0.1) is 35.8 Å². The Morgan fingerprint density at radius 2 is 1.86 bits per heavy atom. The standard InChI is InChI=1S/C45H63FN6O6Si/c1-8-57-36-15-17-39-33(26-36)27-38(47-21-9-10-24-53)43(55)52(39)35-14-16-40-37(28-35)45(44(56)51(40)23-18-31(4)13-11-12-30(2)3)32(5)42(59(6,7)46)41(58-45)19-22-50-29-34(20-25-54)48-49-50/h12,14-18,26,28-29,32,38,41-42,47,53-54H,8-11,13,19-25,27H2,1-7H3/b31-18+/t32-,38?,41+,42-,45+/m1/s1. The summed E-state index contributed by atoms with van der Waals surface area (Å²) in [6.45, 7) is 15.4. The Labute approximate surface area is 349 Å². The molecule has 1 aromatic heterocycles. The predicted octanol–water partition coefficient (Wildman–Crippen LogP) is 7.07. The Bertz CT molecular complexity index is 2030. The number of hydrogen-bond acceptors (Lipinski definition) is 9. The minimum absolute atomic E-state index is 0.0386. The third-order valence-electron chi connectivity index (χ3n) is 12.0. The molecular formula is C45H63FN6O6Si.